The molecule has 0 amide bonds. The number of aromatic nitrogens is 2. The van der Waals surface area contributed by atoms with Crippen LogP contribution in [0.25, 0.3) is 0 Å². The van der Waals surface area contributed by atoms with E-state index in [1.165, 1.54) is 44.1 Å². The number of nitrogens with one attached hydrogen (secondary N) is 2. The van der Waals surface area contributed by atoms with Crippen molar-refractivity contribution in [2.75, 3.05) is 47.8 Å². The molecule has 2 saturated heterocycles. The SMILES string of the molecule is C[C@@H]1C[C@H](C)CN(c2cc(N3CCCCC3)nc(NC(=S)NCC3(c4ccc(Cl)cc4)CCCC3)n2)C1. The van der Waals surface area contributed by atoms with Crippen LogP contribution in [0.4, 0.5) is 17.6 Å². The average Bonchev–Trinajstić information content (AvgIpc) is 3.38. The summed E-state index contributed by atoms with van der Waals surface area (Å²) in [4.78, 5) is 14.7. The Morgan fingerprint density at radius 1 is 0.946 bits per heavy atom. The van der Waals surface area contributed by atoms with E-state index in [1.807, 2.05) is 12.1 Å². The van der Waals surface area contributed by atoms with Crippen LogP contribution in [0.15, 0.2) is 30.3 Å². The molecule has 0 spiro atoms. The van der Waals surface area contributed by atoms with Crippen LogP contribution < -0.4 is 20.4 Å². The summed E-state index contributed by atoms with van der Waals surface area (Å²) in [6.45, 7) is 9.64. The number of hydrogen-bond acceptors (Lipinski definition) is 5. The number of piperidine rings is 2. The molecule has 6 nitrogen and oxygen atoms in total. The number of halogens is 1. The quantitative estimate of drug-likeness (QED) is 0.411. The van der Waals surface area contributed by atoms with Gasteiger partial charge in [-0.3, -0.25) is 0 Å². The van der Waals surface area contributed by atoms with Crippen LogP contribution in [0.3, 0.4) is 0 Å². The molecule has 1 aromatic carbocycles. The molecule has 3 fully saturated rings. The highest BCUT2D eigenvalue weighted by atomic mass is 35.5. The van der Waals surface area contributed by atoms with E-state index in [2.05, 4.69) is 52.5 Å². The Morgan fingerprint density at radius 3 is 2.22 bits per heavy atom. The standard InChI is InChI=1S/C29H41ClN6S/c1-21-16-22(2)19-36(18-21)26-17-25(35-14-6-3-7-15-35)32-27(33-26)34-28(37)31-20-29(12-4-5-13-29)23-8-10-24(30)11-9-23/h8-11,17,21-22H,3-7,12-16,18-20H2,1-2H3,(H2,31,32,33,34,37)/t21-,22+. The molecule has 0 radical (unpaired) electrons. The zero-order chi connectivity index (χ0) is 25.8. The van der Waals surface area contributed by atoms with Gasteiger partial charge in [0.05, 0.1) is 0 Å². The maximum absolute atomic E-state index is 6.17. The van der Waals surface area contributed by atoms with E-state index in [1.54, 1.807) is 0 Å². The largest absolute Gasteiger partial charge is 0.361 e. The van der Waals surface area contributed by atoms with Crippen molar-refractivity contribution in [2.45, 2.75) is 70.6 Å². The predicted molar refractivity (Wildman–Crippen MR) is 159 cm³/mol. The van der Waals surface area contributed by atoms with Crippen LogP contribution in [0.1, 0.15) is 70.8 Å². The molecule has 8 heteroatoms. The first kappa shape index (κ1) is 26.5. The Morgan fingerprint density at radius 2 is 1.57 bits per heavy atom. The second kappa shape index (κ2) is 11.7. The molecule has 37 heavy (non-hydrogen) atoms. The lowest BCUT2D eigenvalue weighted by molar-refractivity contribution is 0.355. The van der Waals surface area contributed by atoms with Gasteiger partial charge in [0.2, 0.25) is 5.95 Å². The van der Waals surface area contributed by atoms with Gasteiger partial charge in [0.15, 0.2) is 5.11 Å². The Kier molecular flexibility index (Phi) is 8.40. The maximum Gasteiger partial charge on any atom is 0.232 e. The first-order chi connectivity index (χ1) is 17.9. The van der Waals surface area contributed by atoms with Gasteiger partial charge >= 0.3 is 0 Å². The topological polar surface area (TPSA) is 56.3 Å². The number of benzene rings is 1. The molecule has 0 unspecified atom stereocenters. The fraction of sp³-hybridized carbons (Fsp3) is 0.621. The summed E-state index contributed by atoms with van der Waals surface area (Å²) in [6.07, 6.45) is 9.78. The van der Waals surface area contributed by atoms with Gasteiger partial charge in [-0.15, -0.1) is 0 Å². The molecule has 3 heterocycles. The van der Waals surface area contributed by atoms with E-state index in [0.29, 0.717) is 22.9 Å². The lowest BCUT2D eigenvalue weighted by atomic mass is 9.79. The van der Waals surface area contributed by atoms with Gasteiger partial charge < -0.3 is 20.4 Å². The summed E-state index contributed by atoms with van der Waals surface area (Å²) in [5, 5.41) is 8.23. The number of anilines is 3. The predicted octanol–water partition coefficient (Wildman–Crippen LogP) is 6.40. The third-order valence-electron chi connectivity index (χ3n) is 8.40. The minimum Gasteiger partial charge on any atom is -0.361 e. The van der Waals surface area contributed by atoms with Crippen molar-refractivity contribution in [1.82, 2.24) is 15.3 Å². The molecule has 1 saturated carbocycles. The summed E-state index contributed by atoms with van der Waals surface area (Å²) < 4.78 is 0. The Bertz CT molecular complexity index is 1050. The van der Waals surface area contributed by atoms with Crippen molar-refractivity contribution < 1.29 is 0 Å². The van der Waals surface area contributed by atoms with Crippen LogP contribution in [-0.4, -0.2) is 47.8 Å². The normalized spacial score (nSPS) is 23.6. The van der Waals surface area contributed by atoms with Crippen molar-refractivity contribution in [3.8, 4) is 0 Å². The molecule has 2 N–H and O–H groups in total. The summed E-state index contributed by atoms with van der Waals surface area (Å²) in [5.74, 6) is 3.92. The minimum absolute atomic E-state index is 0.0814. The van der Waals surface area contributed by atoms with Crippen molar-refractivity contribution in [3.05, 3.63) is 40.9 Å². The second-order valence-electron chi connectivity index (χ2n) is 11.6. The van der Waals surface area contributed by atoms with E-state index >= 15 is 0 Å². The second-order valence-corrected chi connectivity index (χ2v) is 12.5. The van der Waals surface area contributed by atoms with Gasteiger partial charge in [-0.2, -0.15) is 9.97 Å². The van der Waals surface area contributed by atoms with Crippen molar-refractivity contribution in [1.29, 1.82) is 0 Å². The van der Waals surface area contributed by atoms with Gasteiger partial charge in [-0.1, -0.05) is 50.4 Å². The average molecular weight is 541 g/mol. The van der Waals surface area contributed by atoms with E-state index in [0.717, 1.165) is 62.2 Å². The minimum atomic E-state index is 0.0814. The van der Waals surface area contributed by atoms with Crippen LogP contribution in [-0.2, 0) is 5.41 Å². The van der Waals surface area contributed by atoms with E-state index in [-0.39, 0.29) is 5.41 Å². The van der Waals surface area contributed by atoms with Gasteiger partial charge in [-0.05, 0) is 80.3 Å². The van der Waals surface area contributed by atoms with Crippen LogP contribution in [0.5, 0.6) is 0 Å². The maximum atomic E-state index is 6.17. The third-order valence-corrected chi connectivity index (χ3v) is 8.90. The zero-order valence-corrected chi connectivity index (χ0v) is 23.9. The molecular formula is C29H41ClN6S. The zero-order valence-electron chi connectivity index (χ0n) is 22.3. The highest BCUT2D eigenvalue weighted by molar-refractivity contribution is 7.80. The van der Waals surface area contributed by atoms with Gasteiger partial charge in [0.25, 0.3) is 0 Å². The Hall–Kier alpha value is -2.12. The summed E-state index contributed by atoms with van der Waals surface area (Å²) in [5.41, 5.74) is 1.42. The van der Waals surface area contributed by atoms with Crippen molar-refractivity contribution in [3.63, 3.8) is 0 Å². The molecular weight excluding hydrogens is 500 g/mol. The molecule has 0 bridgehead atoms. The highest BCUT2D eigenvalue weighted by Crippen LogP contribution is 2.41. The number of hydrogen-bond donors (Lipinski definition) is 2. The van der Waals surface area contributed by atoms with E-state index < -0.39 is 0 Å². The fourth-order valence-corrected chi connectivity index (χ4v) is 6.88. The van der Waals surface area contributed by atoms with Crippen LogP contribution in [0.2, 0.25) is 5.02 Å². The van der Waals surface area contributed by atoms with Gasteiger partial charge in [0.1, 0.15) is 11.6 Å². The lowest BCUT2D eigenvalue weighted by Crippen LogP contribution is -2.41. The van der Waals surface area contributed by atoms with Crippen molar-refractivity contribution in [2.24, 2.45) is 11.8 Å². The van der Waals surface area contributed by atoms with Crippen molar-refractivity contribution >= 4 is 46.5 Å². The highest BCUT2D eigenvalue weighted by Gasteiger charge is 2.35. The molecule has 5 rings (SSSR count). The summed E-state index contributed by atoms with van der Waals surface area (Å²) in [6, 6.07) is 10.5. The van der Waals surface area contributed by atoms with E-state index in [9.17, 15) is 0 Å². The summed E-state index contributed by atoms with van der Waals surface area (Å²) >= 11 is 11.9. The molecule has 2 aromatic rings. The Labute approximate surface area is 232 Å². The van der Waals surface area contributed by atoms with Gasteiger partial charge in [-0.25, -0.2) is 0 Å². The number of thiocarbonyl (C=S) groups is 1. The molecule has 2 aliphatic heterocycles. The Balaban J connectivity index is 1.32. The van der Waals surface area contributed by atoms with Crippen LogP contribution in [0, 0.1) is 11.8 Å². The monoisotopic (exact) mass is 540 g/mol. The first-order valence-corrected chi connectivity index (χ1v) is 14.9. The number of rotatable bonds is 6. The molecule has 2 atom stereocenters. The molecule has 3 aliphatic rings. The van der Waals surface area contributed by atoms with Gasteiger partial charge in [0, 0.05) is 49.2 Å². The fourth-order valence-electron chi connectivity index (χ4n) is 6.59. The number of nitrogens with zero attached hydrogens (tertiary/aromatic N) is 4. The third kappa shape index (κ3) is 6.48. The molecule has 1 aliphatic carbocycles. The molecule has 1 aromatic heterocycles. The lowest BCUT2D eigenvalue weighted by Gasteiger charge is -2.36. The first-order valence-electron chi connectivity index (χ1n) is 14.1. The smallest absolute Gasteiger partial charge is 0.232 e. The molecule has 200 valence electrons. The van der Waals surface area contributed by atoms with Crippen LogP contribution >= 0.6 is 23.8 Å². The summed E-state index contributed by atoms with van der Waals surface area (Å²) in [7, 11) is 0. The van der Waals surface area contributed by atoms with E-state index in [4.69, 9.17) is 33.8 Å².